The molecule has 0 spiro atoms. The van der Waals surface area contributed by atoms with Crippen molar-refractivity contribution in [2.45, 2.75) is 51.9 Å². The predicted molar refractivity (Wildman–Crippen MR) is 125 cm³/mol. The number of rotatable bonds is 6. The molecule has 0 saturated heterocycles. The number of nitrogens with zero attached hydrogens (tertiary/aromatic N) is 3. The lowest BCUT2D eigenvalue weighted by Crippen LogP contribution is -2.09. The van der Waals surface area contributed by atoms with Crippen LogP contribution in [-0.4, -0.2) is 21.8 Å². The van der Waals surface area contributed by atoms with Gasteiger partial charge in [-0.2, -0.15) is 0 Å². The van der Waals surface area contributed by atoms with Gasteiger partial charge in [-0.05, 0) is 81.3 Å². The van der Waals surface area contributed by atoms with Gasteiger partial charge in [0.2, 0.25) is 0 Å². The minimum Gasteiger partial charge on any atom is -0.495 e. The van der Waals surface area contributed by atoms with Crippen molar-refractivity contribution in [3.8, 4) is 22.7 Å². The normalized spacial score (nSPS) is 15.5. The van der Waals surface area contributed by atoms with Gasteiger partial charge in [0.1, 0.15) is 23.0 Å². The number of ether oxygens (including phenoxy) is 1. The fourth-order valence-corrected chi connectivity index (χ4v) is 4.93. The summed E-state index contributed by atoms with van der Waals surface area (Å²) in [6.45, 7) is 3.90. The molecule has 6 heteroatoms. The predicted octanol–water partition coefficient (Wildman–Crippen LogP) is 6.34. The number of hydrogen-bond acceptors (Lipinski definition) is 4. The van der Waals surface area contributed by atoms with Crippen LogP contribution in [0.15, 0.2) is 53.4 Å². The van der Waals surface area contributed by atoms with Crippen molar-refractivity contribution in [3.05, 3.63) is 82.9 Å². The van der Waals surface area contributed by atoms with Gasteiger partial charge >= 0.3 is 0 Å². The molecule has 0 radical (unpaired) electrons. The number of imidazole rings is 1. The molecule has 33 heavy (non-hydrogen) atoms. The number of aromatic nitrogens is 3. The zero-order valence-corrected chi connectivity index (χ0v) is 19.3. The highest BCUT2D eigenvalue weighted by Crippen LogP contribution is 2.40. The quantitative estimate of drug-likeness (QED) is 0.347. The fraction of sp³-hybridized carbons (Fsp3) is 0.333. The van der Waals surface area contributed by atoms with Crippen molar-refractivity contribution < 1.29 is 13.7 Å². The Balaban J connectivity index is 1.41. The molecular formula is C27H28FN3O2. The smallest absolute Gasteiger partial charge is 0.143 e. The first-order valence-corrected chi connectivity index (χ1v) is 11.5. The summed E-state index contributed by atoms with van der Waals surface area (Å²) in [6, 6.07) is 11.4. The Hall–Kier alpha value is -3.41. The molecule has 2 aromatic heterocycles. The maximum atomic E-state index is 13.8. The summed E-state index contributed by atoms with van der Waals surface area (Å²) in [5.74, 6) is 1.88. The molecule has 1 aliphatic rings. The summed E-state index contributed by atoms with van der Waals surface area (Å²) >= 11 is 0. The first-order chi connectivity index (χ1) is 16.0. The molecule has 4 aromatic rings. The standard InChI is InChI=1S/C27H28FN3O2/c1-17-11-19(13-22(28)12-17)7-8-20-5-4-6-23-26(30-33-27(20)23)21-9-10-24(25(14-21)32-3)31-15-18(2)29-16-31/h9-16,20H,4-8H2,1-3H3. The van der Waals surface area contributed by atoms with Crippen LogP contribution in [0, 0.1) is 19.7 Å². The topological polar surface area (TPSA) is 53.1 Å². The Morgan fingerprint density at radius 1 is 1.18 bits per heavy atom. The number of halogens is 1. The summed E-state index contributed by atoms with van der Waals surface area (Å²) < 4.78 is 27.3. The molecule has 1 atom stereocenters. The van der Waals surface area contributed by atoms with Gasteiger partial charge in [-0.1, -0.05) is 17.3 Å². The van der Waals surface area contributed by atoms with Crippen molar-refractivity contribution in [2.75, 3.05) is 7.11 Å². The lowest BCUT2D eigenvalue weighted by molar-refractivity contribution is 0.333. The Morgan fingerprint density at radius 3 is 2.82 bits per heavy atom. The van der Waals surface area contributed by atoms with E-state index in [2.05, 4.69) is 22.3 Å². The average Bonchev–Trinajstić information content (AvgIpc) is 3.43. The van der Waals surface area contributed by atoms with E-state index in [1.807, 2.05) is 36.7 Å². The lowest BCUT2D eigenvalue weighted by Gasteiger charge is -2.20. The van der Waals surface area contributed by atoms with Gasteiger partial charge in [0.15, 0.2) is 0 Å². The summed E-state index contributed by atoms with van der Waals surface area (Å²) in [7, 11) is 1.68. The summed E-state index contributed by atoms with van der Waals surface area (Å²) in [5.41, 5.74) is 6.94. The van der Waals surface area contributed by atoms with Crippen LogP contribution in [0.5, 0.6) is 5.75 Å². The van der Waals surface area contributed by atoms with Crippen LogP contribution in [0.3, 0.4) is 0 Å². The van der Waals surface area contributed by atoms with E-state index in [9.17, 15) is 4.39 Å². The number of aryl methyl sites for hydroxylation is 3. The lowest BCUT2D eigenvalue weighted by atomic mass is 9.83. The third kappa shape index (κ3) is 4.30. The van der Waals surface area contributed by atoms with E-state index in [1.54, 1.807) is 25.6 Å². The molecule has 5 rings (SSSR count). The maximum Gasteiger partial charge on any atom is 0.143 e. The minimum atomic E-state index is -0.167. The Kier molecular flexibility index (Phi) is 5.75. The first-order valence-electron chi connectivity index (χ1n) is 11.5. The third-order valence-electron chi connectivity index (χ3n) is 6.50. The molecule has 170 valence electrons. The van der Waals surface area contributed by atoms with Crippen molar-refractivity contribution >= 4 is 0 Å². The van der Waals surface area contributed by atoms with Gasteiger partial charge in [0.25, 0.3) is 0 Å². The Labute approximate surface area is 193 Å². The maximum absolute atomic E-state index is 13.8. The van der Waals surface area contributed by atoms with E-state index in [-0.39, 0.29) is 5.82 Å². The van der Waals surface area contributed by atoms with Crippen LogP contribution in [0.2, 0.25) is 0 Å². The van der Waals surface area contributed by atoms with Crippen molar-refractivity contribution in [3.63, 3.8) is 0 Å². The number of fused-ring (bicyclic) bond motifs is 1. The largest absolute Gasteiger partial charge is 0.495 e. The first kappa shape index (κ1) is 21.4. The number of methoxy groups -OCH3 is 1. The molecule has 1 unspecified atom stereocenters. The molecule has 1 aliphatic carbocycles. The monoisotopic (exact) mass is 445 g/mol. The van der Waals surface area contributed by atoms with Crippen LogP contribution >= 0.6 is 0 Å². The highest BCUT2D eigenvalue weighted by molar-refractivity contribution is 5.68. The molecule has 0 saturated carbocycles. The van der Waals surface area contributed by atoms with Crippen LogP contribution < -0.4 is 4.74 Å². The van der Waals surface area contributed by atoms with E-state index >= 15 is 0 Å². The molecule has 0 bridgehead atoms. The second-order valence-electron chi connectivity index (χ2n) is 8.95. The van der Waals surface area contributed by atoms with E-state index < -0.39 is 0 Å². The van der Waals surface area contributed by atoms with E-state index in [4.69, 9.17) is 9.26 Å². The molecule has 2 heterocycles. The van der Waals surface area contributed by atoms with Crippen molar-refractivity contribution in [1.29, 1.82) is 0 Å². The van der Waals surface area contributed by atoms with Crippen LogP contribution in [0.4, 0.5) is 4.39 Å². The summed E-state index contributed by atoms with van der Waals surface area (Å²) in [5, 5.41) is 4.47. The van der Waals surface area contributed by atoms with Crippen molar-refractivity contribution in [1.82, 2.24) is 14.7 Å². The van der Waals surface area contributed by atoms with Crippen LogP contribution in [-0.2, 0) is 12.8 Å². The second-order valence-corrected chi connectivity index (χ2v) is 8.95. The van der Waals surface area contributed by atoms with Crippen LogP contribution in [0.1, 0.15) is 53.3 Å². The molecule has 0 N–H and O–H groups in total. The van der Waals surface area contributed by atoms with Crippen molar-refractivity contribution in [2.24, 2.45) is 0 Å². The second kappa shape index (κ2) is 8.85. The Bertz CT molecular complexity index is 1270. The average molecular weight is 446 g/mol. The SMILES string of the molecule is COc1cc(-c2noc3c2CCCC3CCc2cc(C)cc(F)c2)ccc1-n1cnc(C)c1. The van der Waals surface area contributed by atoms with E-state index in [0.717, 1.165) is 77.4 Å². The summed E-state index contributed by atoms with van der Waals surface area (Å²) in [4.78, 5) is 4.31. The third-order valence-corrected chi connectivity index (χ3v) is 6.50. The number of benzene rings is 2. The molecule has 5 nitrogen and oxygen atoms in total. The van der Waals surface area contributed by atoms with Gasteiger partial charge in [-0.25, -0.2) is 9.37 Å². The molecule has 2 aromatic carbocycles. The highest BCUT2D eigenvalue weighted by Gasteiger charge is 2.28. The summed E-state index contributed by atoms with van der Waals surface area (Å²) in [6.07, 6.45) is 8.62. The van der Waals surface area contributed by atoms with Gasteiger partial charge in [0, 0.05) is 23.2 Å². The van der Waals surface area contributed by atoms with Gasteiger partial charge in [-0.15, -0.1) is 0 Å². The molecule has 0 aliphatic heterocycles. The highest BCUT2D eigenvalue weighted by atomic mass is 19.1. The zero-order chi connectivity index (χ0) is 22.9. The Morgan fingerprint density at radius 2 is 2.06 bits per heavy atom. The zero-order valence-electron chi connectivity index (χ0n) is 19.3. The minimum absolute atomic E-state index is 0.167. The van der Waals surface area contributed by atoms with Gasteiger partial charge in [-0.3, -0.25) is 0 Å². The molecular weight excluding hydrogens is 417 g/mol. The van der Waals surface area contributed by atoms with Crippen LogP contribution in [0.25, 0.3) is 16.9 Å². The molecule has 0 amide bonds. The fourth-order valence-electron chi connectivity index (χ4n) is 4.93. The van der Waals surface area contributed by atoms with Gasteiger partial charge in [0.05, 0.1) is 24.8 Å². The van der Waals surface area contributed by atoms with Gasteiger partial charge < -0.3 is 13.8 Å². The number of hydrogen-bond donors (Lipinski definition) is 0. The molecule has 0 fully saturated rings. The van der Waals surface area contributed by atoms with E-state index in [1.165, 1.54) is 5.56 Å². The van der Waals surface area contributed by atoms with E-state index in [0.29, 0.717) is 5.92 Å².